The quantitative estimate of drug-likeness (QED) is 0.870. The molecule has 0 spiro atoms. The van der Waals surface area contributed by atoms with E-state index in [0.717, 1.165) is 12.1 Å². The number of nitrogens with zero attached hydrogens (tertiary/aromatic N) is 1. The van der Waals surface area contributed by atoms with E-state index in [4.69, 9.17) is 0 Å². The Kier molecular flexibility index (Phi) is 3.48. The van der Waals surface area contributed by atoms with E-state index in [0.29, 0.717) is 17.8 Å². The largest absolute Gasteiger partial charge is 0.309 e. The molecular formula is C14H19N3O. The zero-order chi connectivity index (χ0) is 13.2. The summed E-state index contributed by atoms with van der Waals surface area (Å²) in [6, 6.07) is 7.38. The van der Waals surface area contributed by atoms with Crippen molar-refractivity contribution in [2.45, 2.75) is 27.3 Å². The van der Waals surface area contributed by atoms with Gasteiger partial charge in [0.2, 0.25) is 0 Å². The summed E-state index contributed by atoms with van der Waals surface area (Å²) >= 11 is 0. The maximum atomic E-state index is 11.8. The fourth-order valence-electron chi connectivity index (χ4n) is 1.77. The summed E-state index contributed by atoms with van der Waals surface area (Å²) in [5, 5.41) is 3.94. The Balaban J connectivity index is 2.17. The van der Waals surface area contributed by atoms with Crippen LogP contribution < -0.4 is 10.9 Å². The van der Waals surface area contributed by atoms with Crippen molar-refractivity contribution in [3.63, 3.8) is 0 Å². The smallest absolute Gasteiger partial charge is 0.258 e. The van der Waals surface area contributed by atoms with Crippen molar-refractivity contribution in [3.05, 3.63) is 40.4 Å². The lowest BCUT2D eigenvalue weighted by Crippen LogP contribution is -2.28. The number of benzene rings is 1. The minimum atomic E-state index is -0.0758. The normalized spacial score (nSPS) is 11.9. The van der Waals surface area contributed by atoms with Crippen LogP contribution in [0, 0.1) is 5.41 Å². The summed E-state index contributed by atoms with van der Waals surface area (Å²) in [4.78, 5) is 19.1. The van der Waals surface area contributed by atoms with Crippen LogP contribution in [0.25, 0.3) is 10.9 Å². The van der Waals surface area contributed by atoms with Gasteiger partial charge in [-0.15, -0.1) is 0 Å². The number of aromatic amines is 1. The number of H-pyrrole nitrogens is 1. The molecule has 0 fully saturated rings. The number of hydrogen-bond donors (Lipinski definition) is 2. The van der Waals surface area contributed by atoms with E-state index in [1.807, 2.05) is 18.2 Å². The number of rotatable bonds is 3. The van der Waals surface area contributed by atoms with Gasteiger partial charge in [-0.2, -0.15) is 0 Å². The van der Waals surface area contributed by atoms with E-state index < -0.39 is 0 Å². The maximum absolute atomic E-state index is 11.8. The molecule has 1 aromatic heterocycles. The Morgan fingerprint density at radius 2 is 2.00 bits per heavy atom. The van der Waals surface area contributed by atoms with Crippen LogP contribution in [0.4, 0.5) is 0 Å². The third kappa shape index (κ3) is 3.17. The number of aromatic nitrogens is 2. The van der Waals surface area contributed by atoms with E-state index in [2.05, 4.69) is 36.1 Å². The molecule has 4 nitrogen and oxygen atoms in total. The molecule has 0 atom stereocenters. The Hall–Kier alpha value is -1.68. The Morgan fingerprint density at radius 1 is 1.28 bits per heavy atom. The molecule has 0 bridgehead atoms. The zero-order valence-electron chi connectivity index (χ0n) is 11.1. The molecule has 0 radical (unpaired) electrons. The molecule has 0 aliphatic carbocycles. The molecule has 0 aliphatic rings. The van der Waals surface area contributed by atoms with Gasteiger partial charge in [0.1, 0.15) is 5.82 Å². The van der Waals surface area contributed by atoms with E-state index in [1.54, 1.807) is 6.07 Å². The lowest BCUT2D eigenvalue weighted by molar-refractivity contribution is 0.377. The average molecular weight is 245 g/mol. The van der Waals surface area contributed by atoms with Gasteiger partial charge in [-0.25, -0.2) is 4.98 Å². The first kappa shape index (κ1) is 12.8. The summed E-state index contributed by atoms with van der Waals surface area (Å²) in [5.41, 5.74) is 0.888. The molecule has 1 aromatic carbocycles. The van der Waals surface area contributed by atoms with Gasteiger partial charge in [0, 0.05) is 6.54 Å². The highest BCUT2D eigenvalue weighted by atomic mass is 16.1. The van der Waals surface area contributed by atoms with Crippen LogP contribution >= 0.6 is 0 Å². The molecule has 2 N–H and O–H groups in total. The molecule has 18 heavy (non-hydrogen) atoms. The van der Waals surface area contributed by atoms with Crippen LogP contribution in [0.1, 0.15) is 26.6 Å². The van der Waals surface area contributed by atoms with Crippen molar-refractivity contribution in [2.75, 3.05) is 6.54 Å². The van der Waals surface area contributed by atoms with Gasteiger partial charge in [0.05, 0.1) is 17.4 Å². The standard InChI is InChI=1S/C14H19N3O/c1-14(2,3)9-15-8-12-16-11-7-5-4-6-10(11)13(18)17-12/h4-7,15H,8-9H2,1-3H3,(H,16,17,18). The minimum Gasteiger partial charge on any atom is -0.309 e. The summed E-state index contributed by atoms with van der Waals surface area (Å²) in [6.45, 7) is 7.95. The second-order valence-corrected chi connectivity index (χ2v) is 5.69. The van der Waals surface area contributed by atoms with Gasteiger partial charge in [-0.3, -0.25) is 4.79 Å². The second-order valence-electron chi connectivity index (χ2n) is 5.69. The molecule has 96 valence electrons. The lowest BCUT2D eigenvalue weighted by Gasteiger charge is -2.18. The molecule has 0 unspecified atom stereocenters. The van der Waals surface area contributed by atoms with Gasteiger partial charge >= 0.3 is 0 Å². The highest BCUT2D eigenvalue weighted by molar-refractivity contribution is 5.77. The van der Waals surface area contributed by atoms with Crippen LogP contribution in [0.5, 0.6) is 0 Å². The highest BCUT2D eigenvalue weighted by Crippen LogP contribution is 2.10. The van der Waals surface area contributed by atoms with E-state index in [9.17, 15) is 4.79 Å². The Bertz CT molecular complexity index is 596. The fraction of sp³-hybridized carbons (Fsp3) is 0.429. The average Bonchev–Trinajstić information content (AvgIpc) is 2.27. The summed E-state index contributed by atoms with van der Waals surface area (Å²) in [7, 11) is 0. The topological polar surface area (TPSA) is 57.8 Å². The first-order chi connectivity index (χ1) is 8.46. The Labute approximate surface area is 106 Å². The van der Waals surface area contributed by atoms with Crippen LogP contribution in [0.15, 0.2) is 29.1 Å². The first-order valence-corrected chi connectivity index (χ1v) is 6.14. The number of fused-ring (bicyclic) bond motifs is 1. The van der Waals surface area contributed by atoms with Gasteiger partial charge in [-0.1, -0.05) is 32.9 Å². The molecule has 0 amide bonds. The van der Waals surface area contributed by atoms with Crippen LogP contribution in [-0.2, 0) is 6.54 Å². The van der Waals surface area contributed by atoms with Gasteiger partial charge < -0.3 is 10.3 Å². The molecule has 2 aromatic rings. The summed E-state index contributed by atoms with van der Waals surface area (Å²) in [5.74, 6) is 0.683. The molecule has 0 saturated carbocycles. The van der Waals surface area contributed by atoms with Crippen molar-refractivity contribution in [1.82, 2.24) is 15.3 Å². The zero-order valence-corrected chi connectivity index (χ0v) is 11.1. The monoisotopic (exact) mass is 245 g/mol. The van der Waals surface area contributed by atoms with Crippen molar-refractivity contribution in [3.8, 4) is 0 Å². The first-order valence-electron chi connectivity index (χ1n) is 6.14. The number of para-hydroxylation sites is 1. The van der Waals surface area contributed by atoms with Crippen molar-refractivity contribution < 1.29 is 0 Å². The van der Waals surface area contributed by atoms with Crippen molar-refractivity contribution in [1.29, 1.82) is 0 Å². The molecule has 4 heteroatoms. The SMILES string of the molecule is CC(C)(C)CNCc1nc2ccccc2c(=O)[nH]1. The second kappa shape index (κ2) is 4.90. The van der Waals surface area contributed by atoms with Crippen LogP contribution in [-0.4, -0.2) is 16.5 Å². The lowest BCUT2D eigenvalue weighted by atomic mass is 9.97. The molecule has 1 heterocycles. The number of hydrogen-bond acceptors (Lipinski definition) is 3. The predicted octanol–water partition coefficient (Wildman–Crippen LogP) is 2.06. The fourth-order valence-corrected chi connectivity index (χ4v) is 1.77. The molecule has 0 aliphatic heterocycles. The van der Waals surface area contributed by atoms with Crippen molar-refractivity contribution in [2.24, 2.45) is 5.41 Å². The minimum absolute atomic E-state index is 0.0758. The summed E-state index contributed by atoms with van der Waals surface area (Å²) < 4.78 is 0. The van der Waals surface area contributed by atoms with E-state index >= 15 is 0 Å². The van der Waals surface area contributed by atoms with Crippen molar-refractivity contribution >= 4 is 10.9 Å². The number of nitrogens with one attached hydrogen (secondary N) is 2. The van der Waals surface area contributed by atoms with E-state index in [-0.39, 0.29) is 11.0 Å². The van der Waals surface area contributed by atoms with Gasteiger partial charge in [-0.05, 0) is 17.5 Å². The van der Waals surface area contributed by atoms with E-state index in [1.165, 1.54) is 0 Å². The molecule has 0 saturated heterocycles. The third-order valence-corrected chi connectivity index (χ3v) is 2.61. The predicted molar refractivity (Wildman–Crippen MR) is 73.5 cm³/mol. The summed E-state index contributed by atoms with van der Waals surface area (Å²) in [6.07, 6.45) is 0. The molecular weight excluding hydrogens is 226 g/mol. The van der Waals surface area contributed by atoms with Gasteiger partial charge in [0.15, 0.2) is 0 Å². The molecule has 2 rings (SSSR count). The highest BCUT2D eigenvalue weighted by Gasteiger charge is 2.09. The van der Waals surface area contributed by atoms with Crippen LogP contribution in [0.2, 0.25) is 0 Å². The third-order valence-electron chi connectivity index (χ3n) is 2.61. The Morgan fingerprint density at radius 3 is 2.72 bits per heavy atom. The maximum Gasteiger partial charge on any atom is 0.258 e. The van der Waals surface area contributed by atoms with Gasteiger partial charge in [0.25, 0.3) is 5.56 Å². The van der Waals surface area contributed by atoms with Crippen LogP contribution in [0.3, 0.4) is 0 Å².